The second-order valence-corrected chi connectivity index (χ2v) is 5.14. The largest absolute Gasteiger partial charge is 0.481 e. The van der Waals surface area contributed by atoms with E-state index in [-0.39, 0.29) is 5.75 Å². The number of aryl methyl sites for hydroxylation is 1. The van der Waals surface area contributed by atoms with E-state index in [0.717, 1.165) is 31.3 Å². The van der Waals surface area contributed by atoms with Crippen molar-refractivity contribution in [2.45, 2.75) is 12.8 Å². The maximum atomic E-state index is 13.3. The van der Waals surface area contributed by atoms with Crippen LogP contribution in [0.5, 0.6) is 0 Å². The number of carboxylic acids is 1. The van der Waals surface area contributed by atoms with Crippen molar-refractivity contribution in [3.8, 4) is 0 Å². The lowest BCUT2D eigenvalue weighted by atomic mass is 10.1. The molecule has 0 aliphatic carbocycles. The van der Waals surface area contributed by atoms with Crippen molar-refractivity contribution in [1.82, 2.24) is 5.32 Å². The predicted molar refractivity (Wildman–Crippen MR) is 72.5 cm³/mol. The van der Waals surface area contributed by atoms with Crippen LogP contribution in [0, 0.1) is 11.6 Å². The van der Waals surface area contributed by atoms with Crippen LogP contribution in [0.3, 0.4) is 0 Å². The second kappa shape index (κ2) is 8.87. The molecule has 0 aromatic heterocycles. The van der Waals surface area contributed by atoms with E-state index in [1.165, 1.54) is 23.9 Å². The molecule has 2 N–H and O–H groups in total. The Bertz CT molecular complexity index is 416. The number of hydrogen-bond acceptors (Lipinski definition) is 3. The second-order valence-electron chi connectivity index (χ2n) is 4.04. The van der Waals surface area contributed by atoms with Gasteiger partial charge in [-0.2, -0.15) is 0 Å². The van der Waals surface area contributed by atoms with Crippen LogP contribution in [0.4, 0.5) is 8.78 Å². The number of carboxylic acid groups (broad SMARTS) is 1. The highest BCUT2D eigenvalue weighted by Gasteiger charge is 2.03. The number of benzene rings is 1. The van der Waals surface area contributed by atoms with Gasteiger partial charge in [0.25, 0.3) is 0 Å². The van der Waals surface area contributed by atoms with Crippen LogP contribution in [-0.4, -0.2) is 35.7 Å². The average molecular weight is 289 g/mol. The van der Waals surface area contributed by atoms with E-state index in [1.807, 2.05) is 0 Å². The minimum Gasteiger partial charge on any atom is -0.481 e. The van der Waals surface area contributed by atoms with Crippen LogP contribution >= 0.6 is 11.8 Å². The van der Waals surface area contributed by atoms with E-state index in [2.05, 4.69) is 5.32 Å². The van der Waals surface area contributed by atoms with Gasteiger partial charge in [0.05, 0.1) is 5.75 Å². The average Bonchev–Trinajstić information content (AvgIpc) is 2.34. The number of hydrogen-bond donors (Lipinski definition) is 2. The molecule has 0 atom stereocenters. The maximum Gasteiger partial charge on any atom is 0.313 e. The summed E-state index contributed by atoms with van der Waals surface area (Å²) in [6.45, 7) is 1.45. The fraction of sp³-hybridized carbons (Fsp3) is 0.462. The molecule has 3 nitrogen and oxygen atoms in total. The molecule has 0 aliphatic heterocycles. The normalized spacial score (nSPS) is 10.6. The zero-order chi connectivity index (χ0) is 14.1. The van der Waals surface area contributed by atoms with E-state index in [0.29, 0.717) is 12.0 Å². The zero-order valence-electron chi connectivity index (χ0n) is 10.5. The van der Waals surface area contributed by atoms with Crippen LogP contribution in [0.15, 0.2) is 18.2 Å². The summed E-state index contributed by atoms with van der Waals surface area (Å²) in [5, 5.41) is 11.6. The summed E-state index contributed by atoms with van der Waals surface area (Å²) in [6, 6.07) is 3.62. The highest BCUT2D eigenvalue weighted by atomic mass is 32.2. The summed E-state index contributed by atoms with van der Waals surface area (Å²) < 4.78 is 26.0. The number of halogens is 2. The molecule has 0 saturated carbocycles. The molecule has 0 saturated heterocycles. The smallest absolute Gasteiger partial charge is 0.313 e. The molecule has 0 aliphatic rings. The lowest BCUT2D eigenvalue weighted by Crippen LogP contribution is -2.19. The highest BCUT2D eigenvalue weighted by Crippen LogP contribution is 2.11. The first-order valence-corrected chi connectivity index (χ1v) is 7.19. The van der Waals surface area contributed by atoms with Gasteiger partial charge in [-0.3, -0.25) is 4.79 Å². The van der Waals surface area contributed by atoms with Crippen LogP contribution in [0.25, 0.3) is 0 Å². The minimum atomic E-state index is -0.809. The van der Waals surface area contributed by atoms with Crippen LogP contribution in [0.2, 0.25) is 0 Å². The van der Waals surface area contributed by atoms with Gasteiger partial charge in [-0.05, 0) is 31.0 Å². The standard InChI is InChI=1S/C13H17F2NO2S/c14-11-4-3-10(12(15)8-11)2-1-5-16-6-7-19-9-13(17)18/h3-4,8,16H,1-2,5-7,9H2,(H,17,18). The Balaban J connectivity index is 2.06. The van der Waals surface area contributed by atoms with E-state index >= 15 is 0 Å². The van der Waals surface area contributed by atoms with Gasteiger partial charge in [0, 0.05) is 18.4 Å². The molecule has 0 heterocycles. The monoisotopic (exact) mass is 289 g/mol. The summed E-state index contributed by atoms with van der Waals surface area (Å²) in [5.41, 5.74) is 0.517. The quantitative estimate of drug-likeness (QED) is 0.685. The third-order valence-electron chi connectivity index (χ3n) is 2.46. The topological polar surface area (TPSA) is 49.3 Å². The highest BCUT2D eigenvalue weighted by molar-refractivity contribution is 7.99. The Labute approximate surface area is 115 Å². The van der Waals surface area contributed by atoms with Crippen molar-refractivity contribution < 1.29 is 18.7 Å². The summed E-state index contributed by atoms with van der Waals surface area (Å²) in [5.74, 6) is -1.02. The zero-order valence-corrected chi connectivity index (χ0v) is 11.3. The third kappa shape index (κ3) is 7.12. The van der Waals surface area contributed by atoms with E-state index < -0.39 is 17.6 Å². The fourth-order valence-electron chi connectivity index (χ4n) is 1.56. The molecule has 1 rings (SSSR count). The number of rotatable bonds is 9. The van der Waals surface area contributed by atoms with Crippen molar-refractivity contribution in [2.24, 2.45) is 0 Å². The summed E-state index contributed by atoms with van der Waals surface area (Å²) in [7, 11) is 0. The van der Waals surface area contributed by atoms with Gasteiger partial charge < -0.3 is 10.4 Å². The molecule has 106 valence electrons. The van der Waals surface area contributed by atoms with Gasteiger partial charge in [0.1, 0.15) is 11.6 Å². The van der Waals surface area contributed by atoms with E-state index in [1.54, 1.807) is 0 Å². The van der Waals surface area contributed by atoms with Gasteiger partial charge in [-0.15, -0.1) is 11.8 Å². The number of aliphatic carboxylic acids is 1. The third-order valence-corrected chi connectivity index (χ3v) is 3.41. The SMILES string of the molecule is O=C(O)CSCCNCCCc1ccc(F)cc1F. The van der Waals surface area contributed by atoms with Crippen molar-refractivity contribution in [2.75, 3.05) is 24.6 Å². The van der Waals surface area contributed by atoms with Crippen molar-refractivity contribution >= 4 is 17.7 Å². The molecule has 0 radical (unpaired) electrons. The maximum absolute atomic E-state index is 13.3. The van der Waals surface area contributed by atoms with Crippen molar-refractivity contribution in [1.29, 1.82) is 0 Å². The van der Waals surface area contributed by atoms with Gasteiger partial charge in [0.2, 0.25) is 0 Å². The van der Waals surface area contributed by atoms with E-state index in [4.69, 9.17) is 5.11 Å². The summed E-state index contributed by atoms with van der Waals surface area (Å²) in [6.07, 6.45) is 1.31. The molecule has 19 heavy (non-hydrogen) atoms. The van der Waals surface area contributed by atoms with Crippen LogP contribution in [-0.2, 0) is 11.2 Å². The predicted octanol–water partition coefficient (Wildman–Crippen LogP) is 2.30. The lowest BCUT2D eigenvalue weighted by Gasteiger charge is -2.05. The van der Waals surface area contributed by atoms with Crippen molar-refractivity contribution in [3.05, 3.63) is 35.4 Å². The summed E-state index contributed by atoms with van der Waals surface area (Å²) >= 11 is 1.36. The van der Waals surface area contributed by atoms with E-state index in [9.17, 15) is 13.6 Å². The Morgan fingerprint density at radius 2 is 2.11 bits per heavy atom. The Hall–Kier alpha value is -1.14. The first-order valence-electron chi connectivity index (χ1n) is 6.04. The first-order chi connectivity index (χ1) is 9.09. The Morgan fingerprint density at radius 3 is 2.79 bits per heavy atom. The van der Waals surface area contributed by atoms with Crippen LogP contribution in [0.1, 0.15) is 12.0 Å². The molecular weight excluding hydrogens is 272 g/mol. The number of nitrogens with one attached hydrogen (secondary N) is 1. The van der Waals surface area contributed by atoms with Gasteiger partial charge in [-0.1, -0.05) is 6.07 Å². The molecule has 0 bridgehead atoms. The number of thioether (sulfide) groups is 1. The van der Waals surface area contributed by atoms with Crippen LogP contribution < -0.4 is 5.32 Å². The van der Waals surface area contributed by atoms with Gasteiger partial charge >= 0.3 is 5.97 Å². The molecule has 1 aromatic carbocycles. The minimum absolute atomic E-state index is 0.114. The molecule has 0 amide bonds. The lowest BCUT2D eigenvalue weighted by molar-refractivity contribution is -0.133. The molecular formula is C13H17F2NO2S. The molecule has 0 unspecified atom stereocenters. The molecule has 6 heteroatoms. The number of carbonyl (C=O) groups is 1. The van der Waals surface area contributed by atoms with Gasteiger partial charge in [-0.25, -0.2) is 8.78 Å². The molecule has 1 aromatic rings. The summed E-state index contributed by atoms with van der Waals surface area (Å²) in [4.78, 5) is 10.2. The Kier molecular flexibility index (Phi) is 7.43. The van der Waals surface area contributed by atoms with Crippen molar-refractivity contribution in [3.63, 3.8) is 0 Å². The van der Waals surface area contributed by atoms with Gasteiger partial charge in [0.15, 0.2) is 0 Å². The first kappa shape index (κ1) is 15.9. The molecule has 0 spiro atoms. The molecule has 0 fully saturated rings. The fourth-order valence-corrected chi connectivity index (χ4v) is 2.16. The Morgan fingerprint density at radius 1 is 1.32 bits per heavy atom.